The summed E-state index contributed by atoms with van der Waals surface area (Å²) < 4.78 is 5.89. The molecule has 0 spiro atoms. The topological polar surface area (TPSA) is 21.3 Å². The van der Waals surface area contributed by atoms with Crippen LogP contribution in [0.15, 0.2) is 0 Å². The van der Waals surface area contributed by atoms with Gasteiger partial charge in [0.2, 0.25) is 0 Å². The van der Waals surface area contributed by atoms with Crippen LogP contribution < -0.4 is 5.32 Å². The van der Waals surface area contributed by atoms with Crippen LogP contribution in [0.3, 0.4) is 0 Å². The SMILES string of the molecule is CCCCCOC1CC(NC)C1(C)C. The Morgan fingerprint density at radius 3 is 2.57 bits per heavy atom. The van der Waals surface area contributed by atoms with Gasteiger partial charge in [0.15, 0.2) is 0 Å². The molecule has 0 bridgehead atoms. The standard InChI is InChI=1S/C12H25NO/c1-5-6-7-8-14-11-9-10(13-4)12(11,2)3/h10-11,13H,5-9H2,1-4H3. The van der Waals surface area contributed by atoms with E-state index < -0.39 is 0 Å². The average Bonchev–Trinajstić information content (AvgIpc) is 2.15. The fraction of sp³-hybridized carbons (Fsp3) is 1.00. The van der Waals surface area contributed by atoms with Gasteiger partial charge in [-0.15, -0.1) is 0 Å². The van der Waals surface area contributed by atoms with Gasteiger partial charge in [-0.3, -0.25) is 0 Å². The van der Waals surface area contributed by atoms with Crippen LogP contribution in [0.1, 0.15) is 46.5 Å². The first-order valence-electron chi connectivity index (χ1n) is 5.91. The summed E-state index contributed by atoms with van der Waals surface area (Å²) in [5, 5.41) is 3.34. The van der Waals surface area contributed by atoms with Crippen molar-refractivity contribution < 1.29 is 4.74 Å². The summed E-state index contributed by atoms with van der Waals surface area (Å²) in [7, 11) is 2.04. The van der Waals surface area contributed by atoms with Gasteiger partial charge >= 0.3 is 0 Å². The molecular weight excluding hydrogens is 174 g/mol. The van der Waals surface area contributed by atoms with Gasteiger partial charge in [0, 0.05) is 18.1 Å². The van der Waals surface area contributed by atoms with E-state index in [-0.39, 0.29) is 0 Å². The highest BCUT2D eigenvalue weighted by molar-refractivity contribution is 5.02. The first-order chi connectivity index (χ1) is 6.62. The number of unbranched alkanes of at least 4 members (excludes halogenated alkanes) is 2. The minimum atomic E-state index is 0.320. The van der Waals surface area contributed by atoms with E-state index in [2.05, 4.69) is 26.1 Å². The zero-order chi connectivity index (χ0) is 10.6. The van der Waals surface area contributed by atoms with Crippen molar-refractivity contribution in [3.05, 3.63) is 0 Å². The van der Waals surface area contributed by atoms with Crippen LogP contribution in [0.25, 0.3) is 0 Å². The number of rotatable bonds is 6. The summed E-state index contributed by atoms with van der Waals surface area (Å²) in [6.07, 6.45) is 5.43. The summed E-state index contributed by atoms with van der Waals surface area (Å²) in [5.41, 5.74) is 0.320. The molecule has 0 heterocycles. The third-order valence-corrected chi connectivity index (χ3v) is 3.59. The molecule has 1 N–H and O–H groups in total. The molecule has 0 aromatic heterocycles. The lowest BCUT2D eigenvalue weighted by atomic mass is 9.64. The van der Waals surface area contributed by atoms with Crippen molar-refractivity contribution in [2.75, 3.05) is 13.7 Å². The van der Waals surface area contributed by atoms with Gasteiger partial charge in [0.25, 0.3) is 0 Å². The van der Waals surface area contributed by atoms with Gasteiger partial charge < -0.3 is 10.1 Å². The van der Waals surface area contributed by atoms with Crippen LogP contribution in [0.2, 0.25) is 0 Å². The first kappa shape index (κ1) is 12.0. The van der Waals surface area contributed by atoms with Crippen molar-refractivity contribution in [2.45, 2.75) is 58.6 Å². The molecule has 0 radical (unpaired) electrons. The van der Waals surface area contributed by atoms with Gasteiger partial charge in [-0.1, -0.05) is 33.6 Å². The van der Waals surface area contributed by atoms with E-state index in [9.17, 15) is 0 Å². The van der Waals surface area contributed by atoms with Gasteiger partial charge in [-0.05, 0) is 19.9 Å². The quantitative estimate of drug-likeness (QED) is 0.664. The highest BCUT2D eigenvalue weighted by Crippen LogP contribution is 2.42. The highest BCUT2D eigenvalue weighted by atomic mass is 16.5. The average molecular weight is 199 g/mol. The predicted molar refractivity (Wildman–Crippen MR) is 60.5 cm³/mol. The van der Waals surface area contributed by atoms with Gasteiger partial charge in [-0.2, -0.15) is 0 Å². The summed E-state index contributed by atoms with van der Waals surface area (Å²) >= 11 is 0. The molecule has 0 saturated heterocycles. The molecule has 1 aliphatic rings. The van der Waals surface area contributed by atoms with E-state index in [1.54, 1.807) is 0 Å². The van der Waals surface area contributed by atoms with Crippen molar-refractivity contribution in [3.63, 3.8) is 0 Å². The second-order valence-electron chi connectivity index (χ2n) is 4.96. The smallest absolute Gasteiger partial charge is 0.0655 e. The van der Waals surface area contributed by atoms with Gasteiger partial charge in [-0.25, -0.2) is 0 Å². The third-order valence-electron chi connectivity index (χ3n) is 3.59. The molecule has 0 aliphatic heterocycles. The maximum Gasteiger partial charge on any atom is 0.0655 e. The molecule has 1 fully saturated rings. The molecule has 84 valence electrons. The summed E-state index contributed by atoms with van der Waals surface area (Å²) in [6.45, 7) is 7.76. The van der Waals surface area contributed by atoms with E-state index in [0.717, 1.165) is 6.61 Å². The molecule has 1 saturated carbocycles. The van der Waals surface area contributed by atoms with Crippen LogP contribution >= 0.6 is 0 Å². The zero-order valence-electron chi connectivity index (χ0n) is 10.1. The Morgan fingerprint density at radius 1 is 1.36 bits per heavy atom. The van der Waals surface area contributed by atoms with Crippen LogP contribution in [0.5, 0.6) is 0 Å². The Morgan fingerprint density at radius 2 is 2.07 bits per heavy atom. The van der Waals surface area contributed by atoms with E-state index in [0.29, 0.717) is 17.6 Å². The fourth-order valence-corrected chi connectivity index (χ4v) is 2.24. The van der Waals surface area contributed by atoms with Crippen LogP contribution in [0.4, 0.5) is 0 Å². The molecule has 2 nitrogen and oxygen atoms in total. The Labute approximate surface area is 88.4 Å². The van der Waals surface area contributed by atoms with Crippen molar-refractivity contribution >= 4 is 0 Å². The van der Waals surface area contributed by atoms with Crippen molar-refractivity contribution in [2.24, 2.45) is 5.41 Å². The second kappa shape index (κ2) is 5.13. The lowest BCUT2D eigenvalue weighted by Gasteiger charge is -2.51. The molecule has 0 amide bonds. The number of hydrogen-bond acceptors (Lipinski definition) is 2. The number of hydrogen-bond donors (Lipinski definition) is 1. The predicted octanol–water partition coefficient (Wildman–Crippen LogP) is 2.58. The maximum atomic E-state index is 5.89. The molecule has 2 unspecified atom stereocenters. The van der Waals surface area contributed by atoms with E-state index in [1.165, 1.54) is 25.7 Å². The number of ether oxygens (including phenoxy) is 1. The van der Waals surface area contributed by atoms with Crippen molar-refractivity contribution in [1.82, 2.24) is 5.32 Å². The van der Waals surface area contributed by atoms with Crippen LogP contribution in [0, 0.1) is 5.41 Å². The lowest BCUT2D eigenvalue weighted by molar-refractivity contribution is -0.116. The van der Waals surface area contributed by atoms with Crippen LogP contribution in [-0.2, 0) is 4.74 Å². The van der Waals surface area contributed by atoms with Gasteiger partial charge in [0.1, 0.15) is 0 Å². The van der Waals surface area contributed by atoms with Gasteiger partial charge in [0.05, 0.1) is 6.10 Å². The molecule has 2 heteroatoms. The van der Waals surface area contributed by atoms with Crippen molar-refractivity contribution in [3.8, 4) is 0 Å². The molecule has 0 aromatic rings. The minimum Gasteiger partial charge on any atom is -0.378 e. The molecule has 1 rings (SSSR count). The monoisotopic (exact) mass is 199 g/mol. The third kappa shape index (κ3) is 2.48. The summed E-state index contributed by atoms with van der Waals surface area (Å²) in [5.74, 6) is 0. The Balaban J connectivity index is 2.15. The second-order valence-corrected chi connectivity index (χ2v) is 4.96. The molecule has 14 heavy (non-hydrogen) atoms. The molecule has 1 aliphatic carbocycles. The Bertz CT molecular complexity index is 168. The normalized spacial score (nSPS) is 30.0. The van der Waals surface area contributed by atoms with Crippen LogP contribution in [-0.4, -0.2) is 25.8 Å². The first-order valence-corrected chi connectivity index (χ1v) is 5.91. The summed E-state index contributed by atoms with van der Waals surface area (Å²) in [4.78, 5) is 0. The highest BCUT2D eigenvalue weighted by Gasteiger charge is 2.47. The molecule has 2 atom stereocenters. The largest absolute Gasteiger partial charge is 0.378 e. The summed E-state index contributed by atoms with van der Waals surface area (Å²) in [6, 6.07) is 0.638. The lowest BCUT2D eigenvalue weighted by Crippen LogP contribution is -2.60. The Kier molecular flexibility index (Phi) is 4.39. The molecule has 0 aromatic carbocycles. The molecular formula is C12H25NO. The van der Waals surface area contributed by atoms with E-state index in [4.69, 9.17) is 4.74 Å². The van der Waals surface area contributed by atoms with E-state index in [1.807, 2.05) is 7.05 Å². The minimum absolute atomic E-state index is 0.320. The number of nitrogens with one attached hydrogen (secondary N) is 1. The Hall–Kier alpha value is -0.0800. The fourth-order valence-electron chi connectivity index (χ4n) is 2.24. The maximum absolute atomic E-state index is 5.89. The van der Waals surface area contributed by atoms with Crippen molar-refractivity contribution in [1.29, 1.82) is 0 Å². The zero-order valence-corrected chi connectivity index (χ0v) is 10.1. The van der Waals surface area contributed by atoms with E-state index >= 15 is 0 Å².